The number of hydrogen-bond donors (Lipinski definition) is 2. The van der Waals surface area contributed by atoms with Crippen LogP contribution in [0.3, 0.4) is 0 Å². The highest BCUT2D eigenvalue weighted by atomic mass is 16.7. The normalized spacial score (nSPS) is 25.8. The van der Waals surface area contributed by atoms with Gasteiger partial charge < -0.3 is 20.5 Å². The van der Waals surface area contributed by atoms with E-state index < -0.39 is 0 Å². The molecule has 0 aliphatic heterocycles. The minimum Gasteiger partial charge on any atom is -0.354 e. The van der Waals surface area contributed by atoms with Crippen LogP contribution in [-0.4, -0.2) is 39.0 Å². The van der Waals surface area contributed by atoms with Gasteiger partial charge in [-0.3, -0.25) is 4.79 Å². The summed E-state index contributed by atoms with van der Waals surface area (Å²) in [6, 6.07) is 0.171. The quantitative estimate of drug-likeness (QED) is 0.663. The van der Waals surface area contributed by atoms with Crippen LogP contribution >= 0.6 is 0 Å². The van der Waals surface area contributed by atoms with Gasteiger partial charge in [0.25, 0.3) is 0 Å². The summed E-state index contributed by atoms with van der Waals surface area (Å²) in [5.74, 6) is 0.118. The van der Waals surface area contributed by atoms with E-state index in [1.807, 2.05) is 0 Å². The Kier molecular flexibility index (Phi) is 5.73. The van der Waals surface area contributed by atoms with Crippen molar-refractivity contribution in [3.8, 4) is 0 Å². The fourth-order valence-corrected chi connectivity index (χ4v) is 2.06. The van der Waals surface area contributed by atoms with Crippen molar-refractivity contribution in [3.05, 3.63) is 0 Å². The summed E-state index contributed by atoms with van der Waals surface area (Å²) in [4.78, 5) is 11.8. The summed E-state index contributed by atoms with van der Waals surface area (Å²) in [5.41, 5.74) is 5.84. The zero-order chi connectivity index (χ0) is 12.0. The lowest BCUT2D eigenvalue weighted by Gasteiger charge is -2.26. The molecular weight excluding hydrogens is 208 g/mol. The lowest BCUT2D eigenvalue weighted by atomic mass is 9.85. The van der Waals surface area contributed by atoms with Crippen LogP contribution in [0.25, 0.3) is 0 Å². The Morgan fingerprint density at radius 1 is 1.44 bits per heavy atom. The van der Waals surface area contributed by atoms with Crippen LogP contribution in [0.2, 0.25) is 0 Å². The minimum atomic E-state index is -0.374. The average Bonchev–Trinajstić information content (AvgIpc) is 2.30. The van der Waals surface area contributed by atoms with E-state index in [4.69, 9.17) is 15.2 Å². The summed E-state index contributed by atoms with van der Waals surface area (Å²) in [7, 11) is 3.10. The first-order chi connectivity index (χ1) is 7.67. The van der Waals surface area contributed by atoms with Gasteiger partial charge in [0.2, 0.25) is 5.91 Å². The SMILES string of the molecule is COC(CNC(=O)C1CCCC(N)C1)OC. The zero-order valence-corrected chi connectivity index (χ0v) is 10.1. The predicted octanol–water partition coefficient (Wildman–Crippen LogP) is 0.239. The van der Waals surface area contributed by atoms with E-state index in [0.717, 1.165) is 25.7 Å². The van der Waals surface area contributed by atoms with Crippen molar-refractivity contribution in [3.63, 3.8) is 0 Å². The summed E-state index contributed by atoms with van der Waals surface area (Å²) >= 11 is 0. The number of nitrogens with one attached hydrogen (secondary N) is 1. The van der Waals surface area contributed by atoms with Gasteiger partial charge in [0.1, 0.15) is 0 Å². The Hall–Kier alpha value is -0.650. The molecule has 3 N–H and O–H groups in total. The maximum atomic E-state index is 11.8. The number of ether oxygens (including phenoxy) is 2. The van der Waals surface area contributed by atoms with E-state index in [0.29, 0.717) is 6.54 Å². The molecule has 0 heterocycles. The molecule has 0 aromatic heterocycles. The molecule has 1 aliphatic rings. The number of carbonyl (C=O) groups is 1. The number of hydrogen-bond acceptors (Lipinski definition) is 4. The van der Waals surface area contributed by atoms with E-state index >= 15 is 0 Å². The molecule has 1 amide bonds. The second kappa shape index (κ2) is 6.83. The summed E-state index contributed by atoms with van der Waals surface area (Å²) < 4.78 is 9.99. The third-order valence-corrected chi connectivity index (χ3v) is 3.05. The zero-order valence-electron chi connectivity index (χ0n) is 10.1. The number of carbonyl (C=O) groups excluding carboxylic acids is 1. The largest absolute Gasteiger partial charge is 0.354 e. The minimum absolute atomic E-state index is 0.0538. The summed E-state index contributed by atoms with van der Waals surface area (Å²) in [6.45, 7) is 0.386. The fraction of sp³-hybridized carbons (Fsp3) is 0.909. The second-order valence-corrected chi connectivity index (χ2v) is 4.27. The summed E-state index contributed by atoms with van der Waals surface area (Å²) in [5, 5.41) is 2.83. The number of rotatable bonds is 5. The highest BCUT2D eigenvalue weighted by Gasteiger charge is 2.25. The van der Waals surface area contributed by atoms with Gasteiger partial charge in [-0.2, -0.15) is 0 Å². The molecule has 5 nitrogen and oxygen atoms in total. The van der Waals surface area contributed by atoms with Crippen LogP contribution in [-0.2, 0) is 14.3 Å². The van der Waals surface area contributed by atoms with Crippen molar-refractivity contribution in [2.75, 3.05) is 20.8 Å². The second-order valence-electron chi connectivity index (χ2n) is 4.27. The molecule has 0 saturated heterocycles. The van der Waals surface area contributed by atoms with Crippen LogP contribution in [0.5, 0.6) is 0 Å². The molecule has 1 saturated carbocycles. The number of nitrogens with two attached hydrogens (primary N) is 1. The van der Waals surface area contributed by atoms with Crippen LogP contribution in [0.1, 0.15) is 25.7 Å². The monoisotopic (exact) mass is 230 g/mol. The third kappa shape index (κ3) is 4.08. The molecule has 5 heteroatoms. The van der Waals surface area contributed by atoms with E-state index in [-0.39, 0.29) is 24.2 Å². The van der Waals surface area contributed by atoms with Crippen molar-refractivity contribution in [1.82, 2.24) is 5.32 Å². The van der Waals surface area contributed by atoms with Gasteiger partial charge in [0.15, 0.2) is 6.29 Å². The molecule has 0 aromatic carbocycles. The Morgan fingerprint density at radius 3 is 2.69 bits per heavy atom. The fourth-order valence-electron chi connectivity index (χ4n) is 2.06. The molecule has 0 bridgehead atoms. The van der Waals surface area contributed by atoms with Gasteiger partial charge in [0, 0.05) is 26.2 Å². The molecule has 2 unspecified atom stereocenters. The van der Waals surface area contributed by atoms with E-state index in [1.165, 1.54) is 0 Å². The molecule has 1 aliphatic carbocycles. The van der Waals surface area contributed by atoms with Gasteiger partial charge in [-0.05, 0) is 19.3 Å². The highest BCUT2D eigenvalue weighted by Crippen LogP contribution is 2.22. The highest BCUT2D eigenvalue weighted by molar-refractivity contribution is 5.78. The van der Waals surface area contributed by atoms with Crippen molar-refractivity contribution >= 4 is 5.91 Å². The molecule has 1 rings (SSSR count). The van der Waals surface area contributed by atoms with Crippen LogP contribution in [0.15, 0.2) is 0 Å². The molecule has 0 radical (unpaired) electrons. The molecule has 16 heavy (non-hydrogen) atoms. The Balaban J connectivity index is 2.28. The molecule has 1 fully saturated rings. The Bertz CT molecular complexity index is 219. The van der Waals surface area contributed by atoms with Crippen molar-refractivity contribution < 1.29 is 14.3 Å². The van der Waals surface area contributed by atoms with Gasteiger partial charge in [-0.25, -0.2) is 0 Å². The summed E-state index contributed by atoms with van der Waals surface area (Å²) in [6.07, 6.45) is 3.42. The maximum Gasteiger partial charge on any atom is 0.223 e. The van der Waals surface area contributed by atoms with Crippen LogP contribution < -0.4 is 11.1 Å². The van der Waals surface area contributed by atoms with Crippen molar-refractivity contribution in [2.24, 2.45) is 11.7 Å². The maximum absolute atomic E-state index is 11.8. The first-order valence-electron chi connectivity index (χ1n) is 5.76. The predicted molar refractivity (Wildman–Crippen MR) is 60.7 cm³/mol. The molecule has 2 atom stereocenters. The van der Waals surface area contributed by atoms with E-state index in [2.05, 4.69) is 5.32 Å². The number of methoxy groups -OCH3 is 2. The molecule has 0 aromatic rings. The van der Waals surface area contributed by atoms with Crippen LogP contribution in [0, 0.1) is 5.92 Å². The lowest BCUT2D eigenvalue weighted by molar-refractivity contribution is -0.131. The smallest absolute Gasteiger partial charge is 0.223 e. The molecule has 94 valence electrons. The Labute approximate surface area is 96.7 Å². The van der Waals surface area contributed by atoms with E-state index in [1.54, 1.807) is 14.2 Å². The lowest BCUT2D eigenvalue weighted by Crippen LogP contribution is -2.41. The first kappa shape index (κ1) is 13.4. The van der Waals surface area contributed by atoms with Gasteiger partial charge in [-0.1, -0.05) is 6.42 Å². The van der Waals surface area contributed by atoms with Gasteiger partial charge >= 0.3 is 0 Å². The molecular formula is C11H22N2O3. The molecule has 0 spiro atoms. The first-order valence-corrected chi connectivity index (χ1v) is 5.76. The van der Waals surface area contributed by atoms with E-state index in [9.17, 15) is 4.79 Å². The van der Waals surface area contributed by atoms with Gasteiger partial charge in [-0.15, -0.1) is 0 Å². The number of amides is 1. The van der Waals surface area contributed by atoms with Gasteiger partial charge in [0.05, 0.1) is 6.54 Å². The van der Waals surface area contributed by atoms with Crippen molar-refractivity contribution in [1.29, 1.82) is 0 Å². The standard InChI is InChI=1S/C11H22N2O3/c1-15-10(16-2)7-13-11(14)8-4-3-5-9(12)6-8/h8-10H,3-7,12H2,1-2H3,(H,13,14). The average molecular weight is 230 g/mol. The third-order valence-electron chi connectivity index (χ3n) is 3.05. The van der Waals surface area contributed by atoms with Crippen molar-refractivity contribution in [2.45, 2.75) is 38.0 Å². The Morgan fingerprint density at radius 2 is 2.12 bits per heavy atom. The topological polar surface area (TPSA) is 73.6 Å². The van der Waals surface area contributed by atoms with Crippen LogP contribution in [0.4, 0.5) is 0 Å².